The van der Waals surface area contributed by atoms with E-state index in [0.29, 0.717) is 84.8 Å². The van der Waals surface area contributed by atoms with Gasteiger partial charge in [0, 0.05) is 62.7 Å². The molecule has 9 aromatic heterocycles. The van der Waals surface area contributed by atoms with Gasteiger partial charge in [-0.05, 0) is 139 Å². The van der Waals surface area contributed by atoms with Crippen molar-refractivity contribution in [2.45, 2.75) is 164 Å². The van der Waals surface area contributed by atoms with E-state index in [-0.39, 0.29) is 77.3 Å². The van der Waals surface area contributed by atoms with Gasteiger partial charge in [-0.2, -0.15) is 15.6 Å². The highest BCUT2D eigenvalue weighted by atomic mass is 35.5. The molecular formula is C88H89ClN18O17. The van der Waals surface area contributed by atoms with Crippen LogP contribution in [0.2, 0.25) is 0 Å². The number of hydrogen-bond acceptors (Lipinski definition) is 29. The Labute approximate surface area is 712 Å². The smallest absolute Gasteiger partial charge is 0.453 e. The van der Waals surface area contributed by atoms with Gasteiger partial charge in [0.15, 0.2) is 71.5 Å². The van der Waals surface area contributed by atoms with Gasteiger partial charge in [-0.1, -0.05) is 173 Å². The zero-order chi connectivity index (χ0) is 87.9. The molecule has 640 valence electrons. The summed E-state index contributed by atoms with van der Waals surface area (Å²) in [5.74, 6) is -0.127. The summed E-state index contributed by atoms with van der Waals surface area (Å²) in [4.78, 5) is 89.2. The van der Waals surface area contributed by atoms with E-state index >= 15 is 0 Å². The Bertz CT molecular complexity index is 6400. The number of nitrogens with one attached hydrogen (secondary N) is 3. The van der Waals surface area contributed by atoms with Crippen LogP contribution < -0.4 is 17.5 Å². The lowest BCUT2D eigenvalue weighted by molar-refractivity contribution is 0.0124. The third kappa shape index (κ3) is 20.1. The third-order valence-electron chi connectivity index (χ3n) is 20.1. The Hall–Kier alpha value is -14.5. The largest absolute Gasteiger partial charge is 0.519 e. The Morgan fingerprint density at radius 3 is 1.10 bits per heavy atom. The summed E-state index contributed by atoms with van der Waals surface area (Å²) >= 11 is 5.81. The fourth-order valence-electron chi connectivity index (χ4n) is 13.8. The molecule has 15 aromatic rings. The minimum atomic E-state index is -1.44. The second kappa shape index (κ2) is 38.9. The molecule has 0 saturated heterocycles. The molecule has 0 aliphatic heterocycles. The van der Waals surface area contributed by atoms with E-state index in [4.69, 9.17) is 67.0 Å². The van der Waals surface area contributed by atoms with Crippen LogP contribution in [0.5, 0.6) is 0 Å². The topological polar surface area (TPSA) is 455 Å². The van der Waals surface area contributed by atoms with Crippen LogP contribution in [0.15, 0.2) is 193 Å². The summed E-state index contributed by atoms with van der Waals surface area (Å²) in [6.07, 6.45) is 4.31. The van der Waals surface area contributed by atoms with Gasteiger partial charge < -0.3 is 64.3 Å². The number of aryl methyl sites for hydroxylation is 5. The van der Waals surface area contributed by atoms with Gasteiger partial charge >= 0.3 is 35.4 Å². The van der Waals surface area contributed by atoms with Crippen molar-refractivity contribution in [1.82, 2.24) is 90.5 Å². The molecule has 0 spiro atoms. The summed E-state index contributed by atoms with van der Waals surface area (Å²) in [5, 5.41) is 54.2. The summed E-state index contributed by atoms with van der Waals surface area (Å²) in [6, 6.07) is 47.5. The number of alkyl halides is 1. The first-order valence-electron chi connectivity index (χ1n) is 39.6. The maximum Gasteiger partial charge on any atom is 0.519 e. The molecule has 4 N–H and O–H groups in total. The highest BCUT2D eigenvalue weighted by molar-refractivity contribution is 6.16. The number of imidazole rings is 3. The first kappa shape index (κ1) is 87.4. The molecule has 0 aliphatic carbocycles. The molecule has 0 fully saturated rings. The zero-order valence-corrected chi connectivity index (χ0v) is 70.6. The van der Waals surface area contributed by atoms with Gasteiger partial charge in [-0.25, -0.2) is 43.7 Å². The number of methoxy groups -OCH3 is 1. The number of tetrazole rings is 3. The predicted octanol–water partition coefficient (Wildman–Crippen LogP) is 14.4. The van der Waals surface area contributed by atoms with Crippen molar-refractivity contribution < 1.29 is 64.9 Å². The molecule has 9 heterocycles. The first-order chi connectivity index (χ1) is 59.8. The summed E-state index contributed by atoms with van der Waals surface area (Å²) in [6.45, 7) is 22.1. The molecule has 124 heavy (non-hydrogen) atoms. The monoisotopic (exact) mass is 1700 g/mol. The summed E-state index contributed by atoms with van der Waals surface area (Å²) in [7, 11) is 1.57. The Kier molecular flexibility index (Phi) is 27.4. The Balaban J connectivity index is 0.000000160. The lowest BCUT2D eigenvalue weighted by Crippen LogP contribution is -2.25. The number of hydrogen-bond donors (Lipinski definition) is 4. The first-order valence-corrected chi connectivity index (χ1v) is 40.2. The van der Waals surface area contributed by atoms with Crippen LogP contribution in [0.3, 0.4) is 0 Å². The average molecular weight is 1710 g/mol. The third-order valence-corrected chi connectivity index (χ3v) is 20.3. The zero-order valence-electron chi connectivity index (χ0n) is 69.8. The van der Waals surface area contributed by atoms with Gasteiger partial charge in [0.25, 0.3) is 0 Å². The van der Waals surface area contributed by atoms with Gasteiger partial charge in [-0.3, -0.25) is 0 Å². The fourth-order valence-corrected chi connectivity index (χ4v) is 14.0. The van der Waals surface area contributed by atoms with Crippen molar-refractivity contribution in [2.75, 3.05) is 7.11 Å². The van der Waals surface area contributed by atoms with E-state index in [0.717, 1.165) is 97.7 Å². The van der Waals surface area contributed by atoms with Crippen molar-refractivity contribution in [3.63, 3.8) is 0 Å². The van der Waals surface area contributed by atoms with Crippen LogP contribution >= 0.6 is 11.6 Å². The molecule has 6 aromatic carbocycles. The SMILES string of the molecule is C=C(C)c1nc(CCC)n(Cc2ccc(-c3ccccc3-c3nn[nH]n3)cc2)c1C(=O)OCc1oc(=O)oc1C.CCCc1nc(C(C)(C)O)c(C(=O)OCc2oc(=O)oc2CCl)n1Cc1ccc(-c2ccccc2-c2nn[nH]n2)cc1.CCCc1nc(C(C)(C)OC)c(C(=O)OCc2oc(=O)oc2C)n1Cc1ccc(-c2ccccc2-c2nn[nH]n2)cc1. The van der Waals surface area contributed by atoms with Crippen LogP contribution in [0, 0.1) is 13.8 Å². The van der Waals surface area contributed by atoms with E-state index in [1.165, 1.54) is 0 Å². The maximum absolute atomic E-state index is 13.6. The van der Waals surface area contributed by atoms with E-state index in [1.807, 2.05) is 175 Å². The van der Waals surface area contributed by atoms with Crippen LogP contribution in [-0.4, -0.2) is 121 Å². The number of H-pyrrole nitrogens is 3. The van der Waals surface area contributed by atoms with E-state index in [9.17, 15) is 33.9 Å². The number of benzene rings is 6. The van der Waals surface area contributed by atoms with Crippen molar-refractivity contribution >= 4 is 35.1 Å². The Morgan fingerprint density at radius 1 is 0.452 bits per heavy atom. The van der Waals surface area contributed by atoms with Crippen LogP contribution in [0.1, 0.15) is 192 Å². The number of allylic oxidation sites excluding steroid dienone is 1. The number of esters is 3. The number of carbonyl (C=O) groups is 3. The lowest BCUT2D eigenvalue weighted by atomic mass is 9.98. The molecule has 0 saturated carbocycles. The normalized spacial score (nSPS) is 11.5. The maximum atomic E-state index is 13.6. The lowest BCUT2D eigenvalue weighted by Gasteiger charge is -2.22. The van der Waals surface area contributed by atoms with Crippen LogP contribution in [0.4, 0.5) is 0 Å². The number of halogens is 1. The van der Waals surface area contributed by atoms with Gasteiger partial charge in [0.05, 0.1) is 11.6 Å². The van der Waals surface area contributed by atoms with Crippen LogP contribution in [-0.2, 0) is 94.7 Å². The predicted molar refractivity (Wildman–Crippen MR) is 449 cm³/mol. The molecule has 0 amide bonds. The molecule has 35 nitrogen and oxygen atoms in total. The van der Waals surface area contributed by atoms with E-state index in [1.54, 1.807) is 46.3 Å². The molecule has 15 rings (SSSR count). The van der Waals surface area contributed by atoms with Crippen molar-refractivity contribution in [3.8, 4) is 67.5 Å². The second-order valence-corrected chi connectivity index (χ2v) is 30.0. The van der Waals surface area contributed by atoms with Crippen LogP contribution in [0.25, 0.3) is 73.1 Å². The fraction of sp³-hybridized carbons (Fsp3) is 0.295. The minimum Gasteiger partial charge on any atom is -0.453 e. The molecule has 36 heteroatoms. The molecule has 0 atom stereocenters. The minimum absolute atomic E-state index is 0.0182. The molecule has 0 radical (unpaired) electrons. The summed E-state index contributed by atoms with van der Waals surface area (Å²) < 4.78 is 57.5. The molecule has 0 unspecified atom stereocenters. The number of carbonyl (C=O) groups excluding carboxylic acids is 3. The van der Waals surface area contributed by atoms with Crippen molar-refractivity contribution in [2.24, 2.45) is 0 Å². The Morgan fingerprint density at radius 2 is 0.774 bits per heavy atom. The number of aromatic amines is 3. The molecule has 0 bridgehead atoms. The number of rotatable bonds is 32. The molecule has 0 aliphatic rings. The number of aliphatic hydroxyl groups is 1. The quantitative estimate of drug-likeness (QED) is 0.0173. The standard InChI is InChI=1S/C30H32N6O6.C29H29ClN6O6.C29H28N6O5/c1-6-9-24-31-26(30(3,4)39-5)25(28(37)40-17-23-18(2)41-29(38)42-23)36(24)16-19-12-14-20(15-13-19)21-10-7-8-11-22(21)27-32-34-35-33-27;1-4-7-23-31-25(29(2,3)39)24(27(37)40-16-22-21(14-30)41-28(38)42-22)36(23)15-17-10-12-18(13-11-17)19-8-5-6-9-20(19)26-32-34-35-33-26;1-5-8-24-30-25(17(2)3)26(28(36)38-16-23-18(4)39-29(37)40-23)35(24)15-19-11-13-20(14-12-19)21-9-6-7-10-22(21)27-31-33-34-32-27/h7-8,10-15H,6,9,16-17H2,1-5H3,(H,32,33,34,35);5-6,8-13,39H,4,7,14-16H2,1-3H3,(H,32,33,34,35);6-7,9-14H,2,5,8,15-16H2,1,3-4H3,(H,31,32,33,34). The number of nitrogens with zero attached hydrogens (tertiary/aromatic N) is 15. The van der Waals surface area contributed by atoms with E-state index < -0.39 is 46.6 Å². The number of aromatic nitrogens is 18. The highest BCUT2D eigenvalue weighted by Gasteiger charge is 2.37. The van der Waals surface area contributed by atoms with Gasteiger partial charge in [0.2, 0.25) is 17.5 Å². The average Bonchev–Trinajstić information content (AvgIpc) is 1.62. The van der Waals surface area contributed by atoms with E-state index in [2.05, 4.69) is 87.3 Å². The second-order valence-electron chi connectivity index (χ2n) is 29.7. The summed E-state index contributed by atoms with van der Waals surface area (Å²) in [5.41, 5.74) is 11.3. The molecular weight excluding hydrogens is 1620 g/mol. The van der Waals surface area contributed by atoms with Crippen molar-refractivity contribution in [3.05, 3.63) is 287 Å². The van der Waals surface area contributed by atoms with Gasteiger partial charge in [-0.15, -0.1) is 42.2 Å². The van der Waals surface area contributed by atoms with Gasteiger partial charge in [0.1, 0.15) is 40.1 Å². The number of ether oxygens (including phenoxy) is 4. The van der Waals surface area contributed by atoms with Crippen molar-refractivity contribution in [1.29, 1.82) is 0 Å². The highest BCUT2D eigenvalue weighted by Crippen LogP contribution is 2.37.